The second-order valence-corrected chi connectivity index (χ2v) is 6.50. The Morgan fingerprint density at radius 2 is 2.13 bits per heavy atom. The number of ether oxygens (including phenoxy) is 1. The Hall–Kier alpha value is -1.82. The molecule has 0 bridgehead atoms. The van der Waals surface area contributed by atoms with Crippen molar-refractivity contribution in [2.75, 3.05) is 6.61 Å². The lowest BCUT2D eigenvalue weighted by Gasteiger charge is -2.57. The first-order valence-electron chi connectivity index (χ1n) is 8.31. The maximum Gasteiger partial charge on any atom is 0.338 e. The van der Waals surface area contributed by atoms with Crippen molar-refractivity contribution in [3.8, 4) is 0 Å². The predicted octanol–water partition coefficient (Wildman–Crippen LogP) is 2.84. The van der Waals surface area contributed by atoms with Gasteiger partial charge in [-0.15, -0.1) is 0 Å². The molecule has 2 aliphatic rings. The summed E-state index contributed by atoms with van der Waals surface area (Å²) in [4.78, 5) is 23.2. The molecule has 6 nitrogen and oxygen atoms in total. The number of furan rings is 1. The van der Waals surface area contributed by atoms with Gasteiger partial charge < -0.3 is 19.6 Å². The van der Waals surface area contributed by atoms with Crippen molar-refractivity contribution in [1.29, 1.82) is 0 Å². The van der Waals surface area contributed by atoms with Gasteiger partial charge in [0.15, 0.2) is 5.76 Å². The van der Waals surface area contributed by atoms with Crippen LogP contribution in [0.25, 0.3) is 0 Å². The highest BCUT2D eigenvalue weighted by atomic mass is 16.5. The third-order valence-corrected chi connectivity index (χ3v) is 5.31. The van der Waals surface area contributed by atoms with Gasteiger partial charge in [0.05, 0.1) is 11.7 Å². The van der Waals surface area contributed by atoms with Crippen LogP contribution in [0.5, 0.6) is 0 Å². The molecule has 0 aromatic carbocycles. The zero-order valence-electron chi connectivity index (χ0n) is 13.3. The van der Waals surface area contributed by atoms with E-state index < -0.39 is 5.97 Å². The first-order chi connectivity index (χ1) is 11.1. The van der Waals surface area contributed by atoms with Gasteiger partial charge in [0.25, 0.3) is 5.91 Å². The summed E-state index contributed by atoms with van der Waals surface area (Å²) in [7, 11) is 0. The second-order valence-electron chi connectivity index (χ2n) is 6.50. The highest BCUT2D eigenvalue weighted by molar-refractivity contribution is 5.95. The third-order valence-electron chi connectivity index (χ3n) is 5.31. The van der Waals surface area contributed by atoms with Gasteiger partial charge in [-0.3, -0.25) is 4.79 Å². The smallest absolute Gasteiger partial charge is 0.338 e. The van der Waals surface area contributed by atoms with Crippen molar-refractivity contribution in [1.82, 2.24) is 5.32 Å². The van der Waals surface area contributed by atoms with Crippen molar-refractivity contribution in [2.24, 2.45) is 5.41 Å². The van der Waals surface area contributed by atoms with Crippen molar-refractivity contribution < 1.29 is 23.8 Å². The third kappa shape index (κ3) is 2.87. The lowest BCUT2D eigenvalue weighted by molar-refractivity contribution is -0.147. The number of carbonyl (C=O) groups is 2. The fourth-order valence-corrected chi connectivity index (χ4v) is 4.06. The largest absolute Gasteiger partial charge is 0.478 e. The Bertz CT molecular complexity index is 588. The Morgan fingerprint density at radius 1 is 1.39 bits per heavy atom. The summed E-state index contributed by atoms with van der Waals surface area (Å²) < 4.78 is 11.0. The van der Waals surface area contributed by atoms with E-state index in [-0.39, 0.29) is 34.8 Å². The molecule has 6 heteroatoms. The van der Waals surface area contributed by atoms with E-state index >= 15 is 0 Å². The molecule has 1 heterocycles. The Balaban J connectivity index is 1.68. The van der Waals surface area contributed by atoms with E-state index in [0.717, 1.165) is 25.5 Å². The number of nitrogens with one attached hydrogen (secondary N) is 1. The van der Waals surface area contributed by atoms with Crippen LogP contribution in [0.1, 0.15) is 66.4 Å². The van der Waals surface area contributed by atoms with E-state index in [0.29, 0.717) is 6.61 Å². The highest BCUT2D eigenvalue weighted by Crippen LogP contribution is 2.53. The van der Waals surface area contributed by atoms with E-state index in [1.165, 1.54) is 25.3 Å². The lowest BCUT2D eigenvalue weighted by atomic mass is 9.55. The normalized spacial score (nSPS) is 25.8. The molecular weight excluding hydrogens is 298 g/mol. The average Bonchev–Trinajstić information content (AvgIpc) is 3.05. The number of carboxylic acid groups (broad SMARTS) is 1. The van der Waals surface area contributed by atoms with E-state index in [9.17, 15) is 9.59 Å². The molecule has 2 unspecified atom stereocenters. The maximum absolute atomic E-state index is 12.3. The Morgan fingerprint density at radius 3 is 2.74 bits per heavy atom. The molecule has 2 N–H and O–H groups in total. The maximum atomic E-state index is 12.3. The standard InChI is InChI=1S/C17H23NO5/c1-2-22-14-9-13(17(14)6-4-3-5-7-17)18-15(19)12-8-11(10-23-12)16(20)21/h8,10,13-14H,2-7,9H2,1H3,(H,18,19)(H,20,21). The lowest BCUT2D eigenvalue weighted by Crippen LogP contribution is -2.65. The van der Waals surface area contributed by atoms with Crippen LogP contribution < -0.4 is 5.32 Å². The van der Waals surface area contributed by atoms with E-state index in [1.54, 1.807) is 0 Å². The van der Waals surface area contributed by atoms with Gasteiger partial charge in [-0.1, -0.05) is 19.3 Å². The Kier molecular flexibility index (Phi) is 4.43. The predicted molar refractivity (Wildman–Crippen MR) is 82.5 cm³/mol. The van der Waals surface area contributed by atoms with Gasteiger partial charge >= 0.3 is 5.97 Å². The number of aromatic carboxylic acids is 1. The SMILES string of the molecule is CCOC1CC(NC(=O)c2cc(C(=O)O)co2)C12CCCCC2. The summed E-state index contributed by atoms with van der Waals surface area (Å²) in [5, 5.41) is 11.9. The number of carbonyl (C=O) groups excluding carboxylic acids is 1. The molecule has 0 aliphatic heterocycles. The van der Waals surface area contributed by atoms with Crippen molar-refractivity contribution in [3.05, 3.63) is 23.7 Å². The van der Waals surface area contributed by atoms with Crippen LogP contribution in [0.3, 0.4) is 0 Å². The van der Waals surface area contributed by atoms with E-state index in [1.807, 2.05) is 6.92 Å². The molecule has 1 amide bonds. The van der Waals surface area contributed by atoms with Crippen molar-refractivity contribution in [2.45, 2.75) is 57.6 Å². The molecule has 0 saturated heterocycles. The molecule has 2 aliphatic carbocycles. The molecular formula is C17H23NO5. The summed E-state index contributed by atoms with van der Waals surface area (Å²) in [6, 6.07) is 1.34. The summed E-state index contributed by atoms with van der Waals surface area (Å²) in [5.74, 6) is -1.40. The number of carboxylic acids is 1. The molecule has 1 aromatic rings. The van der Waals surface area contributed by atoms with Crippen LogP contribution >= 0.6 is 0 Å². The summed E-state index contributed by atoms with van der Waals surface area (Å²) >= 11 is 0. The van der Waals surface area contributed by atoms with Crippen LogP contribution in [0.15, 0.2) is 16.7 Å². The zero-order chi connectivity index (χ0) is 16.4. The van der Waals surface area contributed by atoms with Crippen LogP contribution in [-0.2, 0) is 4.74 Å². The average molecular weight is 321 g/mol. The van der Waals surface area contributed by atoms with Crippen LogP contribution in [0.4, 0.5) is 0 Å². The Labute approximate surface area is 135 Å². The molecule has 2 saturated carbocycles. The van der Waals surface area contributed by atoms with Gasteiger partial charge in [-0.2, -0.15) is 0 Å². The number of rotatable bonds is 5. The molecule has 126 valence electrons. The van der Waals surface area contributed by atoms with Gasteiger partial charge in [-0.25, -0.2) is 4.79 Å². The topological polar surface area (TPSA) is 88.8 Å². The second kappa shape index (κ2) is 6.35. The van der Waals surface area contributed by atoms with Gasteiger partial charge in [0, 0.05) is 24.1 Å². The summed E-state index contributed by atoms with van der Waals surface area (Å²) in [6.45, 7) is 2.69. The first kappa shape index (κ1) is 16.1. The minimum Gasteiger partial charge on any atom is -0.478 e. The molecule has 23 heavy (non-hydrogen) atoms. The van der Waals surface area contributed by atoms with Crippen molar-refractivity contribution in [3.63, 3.8) is 0 Å². The minimum absolute atomic E-state index is 0.0108. The van der Waals surface area contributed by atoms with Crippen molar-refractivity contribution >= 4 is 11.9 Å². The number of hydrogen-bond acceptors (Lipinski definition) is 4. The van der Waals surface area contributed by atoms with Gasteiger partial charge in [0.2, 0.25) is 0 Å². The van der Waals surface area contributed by atoms with Gasteiger partial charge in [-0.05, 0) is 26.2 Å². The van der Waals surface area contributed by atoms with Gasteiger partial charge in [0.1, 0.15) is 6.26 Å². The highest BCUT2D eigenvalue weighted by Gasteiger charge is 2.56. The minimum atomic E-state index is -1.10. The fraction of sp³-hybridized carbons (Fsp3) is 0.647. The molecule has 1 spiro atoms. The number of hydrogen-bond donors (Lipinski definition) is 2. The monoisotopic (exact) mass is 321 g/mol. The summed E-state index contributed by atoms with van der Waals surface area (Å²) in [6.07, 6.45) is 7.83. The quantitative estimate of drug-likeness (QED) is 0.870. The molecule has 3 rings (SSSR count). The summed E-state index contributed by atoms with van der Waals surface area (Å²) in [5.41, 5.74) is 0.0231. The molecule has 2 fully saturated rings. The molecule has 1 aromatic heterocycles. The number of amides is 1. The molecule has 0 radical (unpaired) electrons. The first-order valence-corrected chi connectivity index (χ1v) is 8.31. The fourth-order valence-electron chi connectivity index (χ4n) is 4.06. The van der Waals surface area contributed by atoms with E-state index in [4.69, 9.17) is 14.3 Å². The van der Waals surface area contributed by atoms with Crippen LogP contribution in [0.2, 0.25) is 0 Å². The van der Waals surface area contributed by atoms with Crippen LogP contribution in [-0.4, -0.2) is 35.7 Å². The van der Waals surface area contributed by atoms with Crippen LogP contribution in [0, 0.1) is 5.41 Å². The zero-order valence-corrected chi connectivity index (χ0v) is 13.3. The molecule has 2 atom stereocenters. The van der Waals surface area contributed by atoms with E-state index in [2.05, 4.69) is 5.32 Å².